The molecule has 0 unspecified atom stereocenters. The standard InChI is InChI=1S/C19H19Br2ClN2/c20-13-9-12-1-2-15-14(3-4-16(22)18(15)21)17(19(12)24-10-13)11-5-7-23-8-6-11/h3-4,9-11,17,23H,1-2,5-8H2/t17-/m0/s1. The van der Waals surface area contributed by atoms with Gasteiger partial charge in [-0.1, -0.05) is 17.7 Å². The largest absolute Gasteiger partial charge is 0.317 e. The zero-order chi connectivity index (χ0) is 16.7. The number of nitrogens with one attached hydrogen (secondary N) is 1. The summed E-state index contributed by atoms with van der Waals surface area (Å²) in [5, 5.41) is 4.29. The van der Waals surface area contributed by atoms with Gasteiger partial charge in [0.25, 0.3) is 0 Å². The van der Waals surface area contributed by atoms with Crippen LogP contribution in [-0.4, -0.2) is 18.1 Å². The number of halogens is 3. The Bertz CT molecular complexity index is 772. The van der Waals surface area contributed by atoms with Crippen molar-refractivity contribution in [3.63, 3.8) is 0 Å². The maximum Gasteiger partial charge on any atom is 0.0551 e. The number of rotatable bonds is 1. The summed E-state index contributed by atoms with van der Waals surface area (Å²) < 4.78 is 2.13. The first-order valence-electron chi connectivity index (χ1n) is 8.47. The molecule has 1 aromatic heterocycles. The molecule has 1 aliphatic carbocycles. The lowest BCUT2D eigenvalue weighted by Gasteiger charge is -2.32. The van der Waals surface area contributed by atoms with Gasteiger partial charge < -0.3 is 5.32 Å². The highest BCUT2D eigenvalue weighted by molar-refractivity contribution is 9.10. The average Bonchev–Trinajstić information content (AvgIpc) is 2.76. The Morgan fingerprint density at radius 1 is 1.12 bits per heavy atom. The van der Waals surface area contributed by atoms with Gasteiger partial charge in [0.05, 0.1) is 10.7 Å². The van der Waals surface area contributed by atoms with E-state index in [2.05, 4.69) is 49.3 Å². The highest BCUT2D eigenvalue weighted by atomic mass is 79.9. The molecule has 2 heterocycles. The van der Waals surface area contributed by atoms with Crippen LogP contribution in [0.5, 0.6) is 0 Å². The second-order valence-electron chi connectivity index (χ2n) is 6.69. The van der Waals surface area contributed by atoms with Crippen molar-refractivity contribution in [3.8, 4) is 0 Å². The van der Waals surface area contributed by atoms with Crippen molar-refractivity contribution in [3.05, 3.63) is 60.7 Å². The molecule has 1 N–H and O–H groups in total. The molecule has 126 valence electrons. The summed E-state index contributed by atoms with van der Waals surface area (Å²) in [6.07, 6.45) is 6.35. The summed E-state index contributed by atoms with van der Waals surface area (Å²) in [5.74, 6) is 0.991. The Kier molecular flexibility index (Phi) is 5.01. The van der Waals surface area contributed by atoms with Gasteiger partial charge in [-0.2, -0.15) is 0 Å². The molecule has 4 rings (SSSR count). The van der Waals surface area contributed by atoms with Crippen molar-refractivity contribution in [1.29, 1.82) is 0 Å². The predicted molar refractivity (Wildman–Crippen MR) is 106 cm³/mol. The van der Waals surface area contributed by atoms with Crippen LogP contribution in [0.15, 0.2) is 33.3 Å². The Morgan fingerprint density at radius 3 is 2.71 bits per heavy atom. The van der Waals surface area contributed by atoms with Crippen LogP contribution in [0.2, 0.25) is 5.02 Å². The molecule has 2 aliphatic rings. The fourth-order valence-corrected chi connectivity index (χ4v) is 5.30. The SMILES string of the molecule is Clc1ccc2c(c1Br)CCc1cc(Br)cnc1[C@H]2C1CCNCC1. The number of hydrogen-bond donors (Lipinski definition) is 1. The van der Waals surface area contributed by atoms with E-state index in [-0.39, 0.29) is 0 Å². The summed E-state index contributed by atoms with van der Waals surface area (Å²) in [7, 11) is 0. The van der Waals surface area contributed by atoms with E-state index in [9.17, 15) is 0 Å². The number of aryl methyl sites for hydroxylation is 1. The van der Waals surface area contributed by atoms with E-state index in [1.807, 2.05) is 12.3 Å². The molecule has 2 aromatic rings. The van der Waals surface area contributed by atoms with Crippen LogP contribution < -0.4 is 5.32 Å². The number of hydrogen-bond acceptors (Lipinski definition) is 2. The molecule has 1 aromatic carbocycles. The van der Waals surface area contributed by atoms with Gasteiger partial charge in [0.2, 0.25) is 0 Å². The zero-order valence-corrected chi connectivity index (χ0v) is 17.2. The van der Waals surface area contributed by atoms with Gasteiger partial charge in [0.15, 0.2) is 0 Å². The maximum atomic E-state index is 6.39. The van der Waals surface area contributed by atoms with Crippen molar-refractivity contribution in [1.82, 2.24) is 10.3 Å². The van der Waals surface area contributed by atoms with Crippen molar-refractivity contribution < 1.29 is 0 Å². The number of pyridine rings is 1. The van der Waals surface area contributed by atoms with Crippen molar-refractivity contribution in [2.24, 2.45) is 5.92 Å². The van der Waals surface area contributed by atoms with Crippen LogP contribution in [0, 0.1) is 5.92 Å². The van der Waals surface area contributed by atoms with Crippen LogP contribution in [-0.2, 0) is 12.8 Å². The summed E-state index contributed by atoms with van der Waals surface area (Å²) in [4.78, 5) is 4.87. The second-order valence-corrected chi connectivity index (χ2v) is 8.81. The van der Waals surface area contributed by atoms with Gasteiger partial charge in [-0.05, 0) is 105 Å². The molecule has 24 heavy (non-hydrogen) atoms. The second kappa shape index (κ2) is 7.06. The number of fused-ring (bicyclic) bond motifs is 2. The Labute approximate surface area is 164 Å². The summed E-state index contributed by atoms with van der Waals surface area (Å²) in [5.41, 5.74) is 5.40. The maximum absolute atomic E-state index is 6.39. The van der Waals surface area contributed by atoms with E-state index in [4.69, 9.17) is 16.6 Å². The lowest BCUT2D eigenvalue weighted by molar-refractivity contribution is 0.338. The highest BCUT2D eigenvalue weighted by Crippen LogP contribution is 2.44. The molecular formula is C19H19Br2ClN2. The molecule has 1 saturated heterocycles. The monoisotopic (exact) mass is 468 g/mol. The van der Waals surface area contributed by atoms with Crippen LogP contribution in [0.1, 0.15) is 41.1 Å². The zero-order valence-electron chi connectivity index (χ0n) is 13.3. The molecule has 0 bridgehead atoms. The highest BCUT2D eigenvalue weighted by Gasteiger charge is 2.33. The number of piperidine rings is 1. The van der Waals surface area contributed by atoms with Crippen LogP contribution in [0.3, 0.4) is 0 Å². The van der Waals surface area contributed by atoms with Crippen LogP contribution >= 0.6 is 43.5 Å². The first-order valence-corrected chi connectivity index (χ1v) is 10.4. The van der Waals surface area contributed by atoms with E-state index in [1.165, 1.54) is 35.2 Å². The Balaban J connectivity index is 1.90. The molecule has 1 aliphatic heterocycles. The molecule has 0 radical (unpaired) electrons. The topological polar surface area (TPSA) is 24.9 Å². The van der Waals surface area contributed by atoms with Crippen LogP contribution in [0.25, 0.3) is 0 Å². The van der Waals surface area contributed by atoms with Gasteiger partial charge in [0.1, 0.15) is 0 Å². The van der Waals surface area contributed by atoms with E-state index < -0.39 is 0 Å². The lowest BCUT2D eigenvalue weighted by atomic mass is 9.77. The van der Waals surface area contributed by atoms with E-state index in [1.54, 1.807) is 0 Å². The van der Waals surface area contributed by atoms with Gasteiger partial charge in [-0.3, -0.25) is 4.98 Å². The van der Waals surface area contributed by atoms with Crippen LogP contribution in [0.4, 0.5) is 0 Å². The first-order chi connectivity index (χ1) is 11.6. The minimum absolute atomic E-state index is 0.362. The fourth-order valence-electron chi connectivity index (χ4n) is 4.19. The summed E-state index contributed by atoms with van der Waals surface area (Å²) in [6, 6.07) is 6.51. The quantitative estimate of drug-likeness (QED) is 0.596. The summed E-state index contributed by atoms with van der Waals surface area (Å²) in [6.45, 7) is 2.19. The van der Waals surface area contributed by atoms with E-state index in [0.717, 1.165) is 39.9 Å². The summed E-state index contributed by atoms with van der Waals surface area (Å²) >= 11 is 13.7. The molecule has 1 fully saturated rings. The molecular weight excluding hydrogens is 451 g/mol. The van der Waals surface area contributed by atoms with Gasteiger partial charge in [-0.15, -0.1) is 0 Å². The molecule has 0 amide bonds. The van der Waals surface area contributed by atoms with Gasteiger partial charge in [0, 0.05) is 21.1 Å². The fraction of sp³-hybridized carbons (Fsp3) is 0.421. The molecule has 1 atom stereocenters. The smallest absolute Gasteiger partial charge is 0.0551 e. The van der Waals surface area contributed by atoms with Gasteiger partial charge >= 0.3 is 0 Å². The molecule has 2 nitrogen and oxygen atoms in total. The van der Waals surface area contributed by atoms with Gasteiger partial charge in [-0.25, -0.2) is 0 Å². The third kappa shape index (κ3) is 3.07. The van der Waals surface area contributed by atoms with E-state index >= 15 is 0 Å². The Morgan fingerprint density at radius 2 is 1.92 bits per heavy atom. The molecule has 0 spiro atoms. The number of aromatic nitrogens is 1. The predicted octanol–water partition coefficient (Wildman–Crippen LogP) is 5.49. The van der Waals surface area contributed by atoms with E-state index in [0.29, 0.717) is 11.8 Å². The normalized spacial score (nSPS) is 21.0. The first kappa shape index (κ1) is 17.0. The van der Waals surface area contributed by atoms with Crippen molar-refractivity contribution in [2.45, 2.75) is 31.6 Å². The minimum Gasteiger partial charge on any atom is -0.317 e. The van der Waals surface area contributed by atoms with Crippen molar-refractivity contribution >= 4 is 43.5 Å². The Hall–Kier alpha value is -0.420. The third-order valence-electron chi connectivity index (χ3n) is 5.33. The lowest BCUT2D eigenvalue weighted by Crippen LogP contribution is -2.32. The number of nitrogens with zero attached hydrogens (tertiary/aromatic N) is 1. The minimum atomic E-state index is 0.362. The number of benzene rings is 1. The average molecular weight is 471 g/mol. The van der Waals surface area contributed by atoms with Crippen molar-refractivity contribution in [2.75, 3.05) is 13.1 Å². The molecule has 5 heteroatoms. The molecule has 0 saturated carbocycles. The third-order valence-corrected chi connectivity index (χ3v) is 7.21.